The van der Waals surface area contributed by atoms with Gasteiger partial charge in [-0.3, -0.25) is 10.2 Å². The van der Waals surface area contributed by atoms with Crippen molar-refractivity contribution in [2.24, 2.45) is 5.92 Å². The number of carbonyl (C=O) groups excluding carboxylic acids is 1. The molecule has 2 aliphatic rings. The quantitative estimate of drug-likeness (QED) is 0.607. The summed E-state index contributed by atoms with van der Waals surface area (Å²) in [4.78, 5) is 18.8. The number of nitrogens with one attached hydrogen (secondary N) is 3. The van der Waals surface area contributed by atoms with Crippen LogP contribution in [0.3, 0.4) is 0 Å². The minimum absolute atomic E-state index is 0.0893. The van der Waals surface area contributed by atoms with E-state index in [1.54, 1.807) is 0 Å². The smallest absolute Gasteiger partial charge is 0.242 e. The first-order valence-electron chi connectivity index (χ1n) is 11.0. The highest BCUT2D eigenvalue weighted by atomic mass is 16.2. The Morgan fingerprint density at radius 2 is 1.80 bits per heavy atom. The molecule has 0 bridgehead atoms. The normalized spacial score (nSPS) is 26.1. The number of fused-ring (bicyclic) bond motifs is 2. The molecule has 1 amide bonds. The average Bonchev–Trinajstić information content (AvgIpc) is 3.41. The zero-order chi connectivity index (χ0) is 20.8. The highest BCUT2D eigenvalue weighted by molar-refractivity contribution is 5.86. The molecule has 0 spiro atoms. The summed E-state index contributed by atoms with van der Waals surface area (Å²) in [5.41, 5.74) is 11.5. The Hall–Kier alpha value is -2.63. The summed E-state index contributed by atoms with van der Waals surface area (Å²) in [6.45, 7) is 7.32. The van der Waals surface area contributed by atoms with Gasteiger partial charge in [0.1, 0.15) is 6.04 Å². The van der Waals surface area contributed by atoms with Crippen LogP contribution in [0.15, 0.2) is 54.7 Å². The molecular weight excluding hydrogens is 372 g/mol. The van der Waals surface area contributed by atoms with Crippen LogP contribution < -0.4 is 10.9 Å². The zero-order valence-electron chi connectivity index (χ0n) is 17.9. The molecule has 0 saturated carbocycles. The average molecular weight is 403 g/mol. The van der Waals surface area contributed by atoms with Gasteiger partial charge in [0.2, 0.25) is 5.91 Å². The number of amides is 1. The molecule has 3 heterocycles. The predicted molar refractivity (Wildman–Crippen MR) is 120 cm³/mol. The molecule has 2 aromatic carbocycles. The summed E-state index contributed by atoms with van der Waals surface area (Å²) >= 11 is 0. The van der Waals surface area contributed by atoms with E-state index in [0.717, 1.165) is 18.5 Å². The van der Waals surface area contributed by atoms with Gasteiger partial charge < -0.3 is 9.88 Å². The topological polar surface area (TPSA) is 60.2 Å². The maximum Gasteiger partial charge on any atom is 0.242 e. The van der Waals surface area contributed by atoms with E-state index in [1.807, 2.05) is 6.07 Å². The number of rotatable bonds is 5. The molecule has 5 nitrogen and oxygen atoms in total. The first-order chi connectivity index (χ1) is 14.5. The molecule has 2 fully saturated rings. The number of para-hydroxylation sites is 1. The lowest BCUT2D eigenvalue weighted by Crippen LogP contribution is -2.42. The van der Waals surface area contributed by atoms with E-state index < -0.39 is 0 Å². The standard InChI is InChI=1S/C25H30N4O/c1-15(2)17-8-10-18(11-9-17)24-22-16(3)27-28-23(22)25(30)29(24)13-12-19-14-26-21-7-5-4-6-20(19)21/h4-11,14-16,22-24,26-28H,12-13H2,1-3H3. The molecule has 5 heteroatoms. The van der Waals surface area contributed by atoms with Crippen LogP contribution in [0.25, 0.3) is 10.9 Å². The number of aromatic amines is 1. The third-order valence-electron chi connectivity index (χ3n) is 6.92. The van der Waals surface area contributed by atoms with E-state index in [-0.39, 0.29) is 30.0 Å². The van der Waals surface area contributed by atoms with E-state index in [1.165, 1.54) is 22.1 Å². The molecule has 5 rings (SSSR count). The third-order valence-corrected chi connectivity index (χ3v) is 6.92. The van der Waals surface area contributed by atoms with Crippen molar-refractivity contribution in [3.8, 4) is 0 Å². The van der Waals surface area contributed by atoms with E-state index in [4.69, 9.17) is 0 Å². The summed E-state index contributed by atoms with van der Waals surface area (Å²) in [7, 11) is 0. The molecular formula is C25H30N4O. The Morgan fingerprint density at radius 1 is 1.03 bits per heavy atom. The number of H-pyrrole nitrogens is 1. The molecule has 3 aromatic rings. The Kier molecular flexibility index (Phi) is 4.88. The number of hydrogen-bond acceptors (Lipinski definition) is 3. The molecule has 4 atom stereocenters. The van der Waals surface area contributed by atoms with Gasteiger partial charge in [-0.25, -0.2) is 5.43 Å². The molecule has 30 heavy (non-hydrogen) atoms. The number of likely N-dealkylation sites (tertiary alicyclic amines) is 1. The van der Waals surface area contributed by atoms with Crippen LogP contribution in [0.4, 0.5) is 0 Å². The van der Waals surface area contributed by atoms with Crippen LogP contribution in [0.1, 0.15) is 49.4 Å². The van der Waals surface area contributed by atoms with Gasteiger partial charge in [0.15, 0.2) is 0 Å². The second-order valence-corrected chi connectivity index (χ2v) is 9.04. The van der Waals surface area contributed by atoms with Crippen LogP contribution >= 0.6 is 0 Å². The number of benzene rings is 2. The second kappa shape index (κ2) is 7.56. The number of carbonyl (C=O) groups is 1. The zero-order valence-corrected chi connectivity index (χ0v) is 17.9. The van der Waals surface area contributed by atoms with E-state index in [0.29, 0.717) is 5.92 Å². The van der Waals surface area contributed by atoms with Crippen LogP contribution in [-0.2, 0) is 11.2 Å². The number of aromatic nitrogens is 1. The van der Waals surface area contributed by atoms with Crippen LogP contribution in [0.5, 0.6) is 0 Å². The van der Waals surface area contributed by atoms with Crippen LogP contribution in [0, 0.1) is 5.92 Å². The van der Waals surface area contributed by atoms with Gasteiger partial charge >= 0.3 is 0 Å². The van der Waals surface area contributed by atoms with E-state index >= 15 is 0 Å². The maximum absolute atomic E-state index is 13.3. The number of hydrazine groups is 1. The Morgan fingerprint density at radius 3 is 2.57 bits per heavy atom. The Balaban J connectivity index is 1.44. The van der Waals surface area contributed by atoms with E-state index in [2.05, 4.69) is 90.2 Å². The fourth-order valence-corrected chi connectivity index (χ4v) is 5.22. The molecule has 3 N–H and O–H groups in total. The molecule has 2 aliphatic heterocycles. The summed E-state index contributed by atoms with van der Waals surface area (Å²) in [6.07, 6.45) is 2.93. The van der Waals surface area contributed by atoms with Crippen molar-refractivity contribution in [1.82, 2.24) is 20.7 Å². The lowest BCUT2D eigenvalue weighted by atomic mass is 9.86. The first kappa shape index (κ1) is 19.3. The van der Waals surface area contributed by atoms with Crippen molar-refractivity contribution >= 4 is 16.8 Å². The minimum Gasteiger partial charge on any atom is -0.361 e. The molecule has 0 radical (unpaired) electrons. The van der Waals surface area contributed by atoms with Gasteiger partial charge in [0, 0.05) is 35.6 Å². The summed E-state index contributed by atoms with van der Waals surface area (Å²) in [5, 5.41) is 1.25. The SMILES string of the molecule is CC(C)c1ccc(C2C3C(C)NNC3C(=O)N2CCc2c[nH]c3ccccc23)cc1. The van der Waals surface area contributed by atoms with Gasteiger partial charge in [0.05, 0.1) is 6.04 Å². The molecule has 156 valence electrons. The molecule has 2 saturated heterocycles. The van der Waals surface area contributed by atoms with Gasteiger partial charge in [-0.15, -0.1) is 0 Å². The predicted octanol–water partition coefficient (Wildman–Crippen LogP) is 3.90. The Labute approximate surface area is 177 Å². The summed E-state index contributed by atoms with van der Waals surface area (Å²) in [6, 6.07) is 17.4. The Bertz CT molecular complexity index is 1050. The molecule has 4 unspecified atom stereocenters. The van der Waals surface area contributed by atoms with E-state index in [9.17, 15) is 4.79 Å². The van der Waals surface area contributed by atoms with Crippen molar-refractivity contribution in [3.63, 3.8) is 0 Å². The van der Waals surface area contributed by atoms with Crippen molar-refractivity contribution in [2.45, 2.75) is 51.2 Å². The third kappa shape index (κ3) is 3.13. The largest absolute Gasteiger partial charge is 0.361 e. The van der Waals surface area contributed by atoms with Crippen molar-refractivity contribution in [3.05, 3.63) is 71.4 Å². The van der Waals surface area contributed by atoms with Gasteiger partial charge in [-0.1, -0.05) is 56.3 Å². The second-order valence-electron chi connectivity index (χ2n) is 9.04. The maximum atomic E-state index is 13.3. The first-order valence-corrected chi connectivity index (χ1v) is 11.0. The van der Waals surface area contributed by atoms with Crippen molar-refractivity contribution < 1.29 is 4.79 Å². The number of hydrogen-bond donors (Lipinski definition) is 3. The summed E-state index contributed by atoms with van der Waals surface area (Å²) < 4.78 is 0. The van der Waals surface area contributed by atoms with Crippen LogP contribution in [-0.4, -0.2) is 34.4 Å². The molecule has 0 aliphatic carbocycles. The highest BCUT2D eigenvalue weighted by Gasteiger charge is 2.53. The van der Waals surface area contributed by atoms with Crippen molar-refractivity contribution in [1.29, 1.82) is 0 Å². The van der Waals surface area contributed by atoms with Crippen molar-refractivity contribution in [2.75, 3.05) is 6.54 Å². The van der Waals surface area contributed by atoms with Gasteiger partial charge in [-0.2, -0.15) is 0 Å². The highest BCUT2D eigenvalue weighted by Crippen LogP contribution is 2.42. The minimum atomic E-state index is -0.155. The lowest BCUT2D eigenvalue weighted by molar-refractivity contribution is -0.130. The fourth-order valence-electron chi connectivity index (χ4n) is 5.22. The summed E-state index contributed by atoms with van der Waals surface area (Å²) in [5.74, 6) is 0.934. The van der Waals surface area contributed by atoms with Gasteiger partial charge in [0.25, 0.3) is 0 Å². The van der Waals surface area contributed by atoms with Crippen LogP contribution in [0.2, 0.25) is 0 Å². The number of nitrogens with zero attached hydrogens (tertiary/aromatic N) is 1. The monoisotopic (exact) mass is 402 g/mol. The molecule has 1 aromatic heterocycles. The van der Waals surface area contributed by atoms with Gasteiger partial charge in [-0.05, 0) is 42.0 Å². The fraction of sp³-hybridized carbons (Fsp3) is 0.400. The lowest BCUT2D eigenvalue weighted by Gasteiger charge is -2.30.